The lowest BCUT2D eigenvalue weighted by atomic mass is 10.3. The minimum Gasteiger partial charge on any atom is -0.495 e. The van der Waals surface area contributed by atoms with E-state index in [1.54, 1.807) is 18.3 Å². The number of nitrogens with zero attached hydrogens (tertiary/aromatic N) is 3. The van der Waals surface area contributed by atoms with Gasteiger partial charge < -0.3 is 14.4 Å². The van der Waals surface area contributed by atoms with Crippen LogP contribution in [0.15, 0.2) is 35.4 Å². The van der Waals surface area contributed by atoms with Crippen LogP contribution >= 0.6 is 11.6 Å². The van der Waals surface area contributed by atoms with E-state index in [0.717, 1.165) is 18.9 Å². The van der Waals surface area contributed by atoms with Crippen LogP contribution < -0.4 is 14.4 Å². The van der Waals surface area contributed by atoms with E-state index in [9.17, 15) is 8.42 Å². The van der Waals surface area contributed by atoms with Crippen molar-refractivity contribution in [1.29, 1.82) is 0 Å². The summed E-state index contributed by atoms with van der Waals surface area (Å²) < 4.78 is 38.1. The second-order valence-corrected chi connectivity index (χ2v) is 7.72. The minimum atomic E-state index is -3.83. The fourth-order valence-electron chi connectivity index (χ4n) is 2.54. The molecule has 0 aliphatic carbocycles. The number of morpholine rings is 1. The van der Waals surface area contributed by atoms with Crippen LogP contribution in [-0.4, -0.2) is 51.8 Å². The van der Waals surface area contributed by atoms with Crippen molar-refractivity contribution in [2.24, 2.45) is 0 Å². The van der Waals surface area contributed by atoms with Gasteiger partial charge in [-0.2, -0.15) is 0 Å². The first-order valence-electron chi connectivity index (χ1n) is 7.97. The molecular weight excluding hydrogens is 380 g/mol. The van der Waals surface area contributed by atoms with Gasteiger partial charge in [0.25, 0.3) is 0 Å². The second kappa shape index (κ2) is 8.17. The first-order valence-corrected chi connectivity index (χ1v) is 9.83. The smallest absolute Gasteiger partial charge is 0.244 e. The number of halogens is 1. The molecule has 10 heteroatoms. The Bertz CT molecular complexity index is 872. The van der Waals surface area contributed by atoms with Gasteiger partial charge in [-0.1, -0.05) is 11.6 Å². The zero-order chi connectivity index (χ0) is 18.6. The number of hydrogen-bond donors (Lipinski definition) is 1. The number of rotatable bonds is 6. The number of anilines is 1. The Balaban J connectivity index is 1.75. The van der Waals surface area contributed by atoms with Crippen LogP contribution in [0.4, 0.5) is 5.82 Å². The van der Waals surface area contributed by atoms with Gasteiger partial charge in [0.05, 0.1) is 26.9 Å². The standard InChI is InChI=1S/C16H19ClN4O4S/c1-24-13-3-2-12(17)10-14(13)26(22,23)19-11-15-18-5-4-16(20-15)21-6-8-25-9-7-21/h2-5,10,19H,6-9,11H2,1H3. The van der Waals surface area contributed by atoms with Crippen molar-refractivity contribution < 1.29 is 17.9 Å². The molecule has 3 rings (SSSR count). The van der Waals surface area contributed by atoms with Gasteiger partial charge >= 0.3 is 0 Å². The normalized spacial score (nSPS) is 15.1. The van der Waals surface area contributed by atoms with E-state index in [2.05, 4.69) is 19.6 Å². The molecule has 0 spiro atoms. The summed E-state index contributed by atoms with van der Waals surface area (Å²) in [5.74, 6) is 1.33. The van der Waals surface area contributed by atoms with Crippen molar-refractivity contribution in [2.75, 3.05) is 38.3 Å². The van der Waals surface area contributed by atoms with Crippen LogP contribution in [0.2, 0.25) is 5.02 Å². The Labute approximate surface area is 157 Å². The first kappa shape index (κ1) is 18.8. The molecule has 0 saturated carbocycles. The summed E-state index contributed by atoms with van der Waals surface area (Å²) in [5, 5.41) is 0.303. The molecular formula is C16H19ClN4O4S. The van der Waals surface area contributed by atoms with Crippen LogP contribution in [0.3, 0.4) is 0 Å². The van der Waals surface area contributed by atoms with Crippen LogP contribution in [0.25, 0.3) is 0 Å². The largest absolute Gasteiger partial charge is 0.495 e. The van der Waals surface area contributed by atoms with Gasteiger partial charge in [-0.25, -0.2) is 23.1 Å². The predicted octanol–water partition coefficient (Wildman–Crippen LogP) is 1.45. The molecule has 1 aliphatic heterocycles. The van der Waals surface area contributed by atoms with Gasteiger partial charge in [-0.3, -0.25) is 0 Å². The molecule has 8 nitrogen and oxygen atoms in total. The number of hydrogen-bond acceptors (Lipinski definition) is 7. The Hall–Kier alpha value is -1.94. The van der Waals surface area contributed by atoms with Crippen LogP contribution in [0, 0.1) is 0 Å². The third-order valence-electron chi connectivity index (χ3n) is 3.86. The maximum atomic E-state index is 12.6. The summed E-state index contributed by atoms with van der Waals surface area (Å²) in [6.07, 6.45) is 1.61. The van der Waals surface area contributed by atoms with E-state index >= 15 is 0 Å². The fraction of sp³-hybridized carbons (Fsp3) is 0.375. The highest BCUT2D eigenvalue weighted by atomic mass is 35.5. The van der Waals surface area contributed by atoms with Gasteiger partial charge in [0, 0.05) is 24.3 Å². The van der Waals surface area contributed by atoms with Crippen LogP contribution in [0.5, 0.6) is 5.75 Å². The van der Waals surface area contributed by atoms with E-state index in [-0.39, 0.29) is 17.2 Å². The highest BCUT2D eigenvalue weighted by Gasteiger charge is 2.21. The van der Waals surface area contributed by atoms with Gasteiger partial charge in [0.1, 0.15) is 22.3 Å². The molecule has 26 heavy (non-hydrogen) atoms. The zero-order valence-corrected chi connectivity index (χ0v) is 15.8. The van der Waals surface area contributed by atoms with Gasteiger partial charge in [0.15, 0.2) is 0 Å². The Morgan fingerprint density at radius 3 is 2.81 bits per heavy atom. The number of methoxy groups -OCH3 is 1. The summed E-state index contributed by atoms with van der Waals surface area (Å²) in [5.41, 5.74) is 0. The lowest BCUT2D eigenvalue weighted by Crippen LogP contribution is -2.37. The minimum absolute atomic E-state index is 0.0307. The Morgan fingerprint density at radius 2 is 2.08 bits per heavy atom. The number of nitrogens with one attached hydrogen (secondary N) is 1. The van der Waals surface area contributed by atoms with Crippen molar-refractivity contribution in [3.63, 3.8) is 0 Å². The molecule has 1 N–H and O–H groups in total. The molecule has 1 aromatic carbocycles. The van der Waals surface area contributed by atoms with Crippen molar-refractivity contribution >= 4 is 27.4 Å². The number of benzene rings is 1. The molecule has 0 amide bonds. The molecule has 0 atom stereocenters. The average molecular weight is 399 g/mol. The van der Waals surface area contributed by atoms with Gasteiger partial charge in [-0.15, -0.1) is 0 Å². The van der Waals surface area contributed by atoms with E-state index in [1.165, 1.54) is 19.2 Å². The molecule has 0 unspecified atom stereocenters. The average Bonchev–Trinajstić information content (AvgIpc) is 2.67. The third kappa shape index (κ3) is 4.42. The quantitative estimate of drug-likeness (QED) is 0.787. The van der Waals surface area contributed by atoms with Crippen LogP contribution in [-0.2, 0) is 21.3 Å². The molecule has 1 saturated heterocycles. The highest BCUT2D eigenvalue weighted by molar-refractivity contribution is 7.89. The molecule has 1 fully saturated rings. The summed E-state index contributed by atoms with van der Waals surface area (Å²) >= 11 is 5.92. The van der Waals surface area contributed by atoms with Crippen molar-refractivity contribution in [3.05, 3.63) is 41.3 Å². The second-order valence-electron chi connectivity index (χ2n) is 5.55. The van der Waals surface area contributed by atoms with Crippen LogP contribution in [0.1, 0.15) is 5.82 Å². The number of ether oxygens (including phenoxy) is 2. The highest BCUT2D eigenvalue weighted by Crippen LogP contribution is 2.27. The van der Waals surface area contributed by atoms with Gasteiger partial charge in [-0.05, 0) is 24.3 Å². The number of sulfonamides is 1. The van der Waals surface area contributed by atoms with E-state index in [4.69, 9.17) is 21.1 Å². The maximum absolute atomic E-state index is 12.6. The zero-order valence-electron chi connectivity index (χ0n) is 14.2. The van der Waals surface area contributed by atoms with Crippen molar-refractivity contribution in [1.82, 2.24) is 14.7 Å². The van der Waals surface area contributed by atoms with E-state index in [1.807, 2.05) is 0 Å². The summed E-state index contributed by atoms with van der Waals surface area (Å²) in [7, 11) is -2.43. The van der Waals surface area contributed by atoms with E-state index in [0.29, 0.717) is 24.1 Å². The molecule has 1 aliphatic rings. The summed E-state index contributed by atoms with van der Waals surface area (Å²) in [4.78, 5) is 10.6. The lowest BCUT2D eigenvalue weighted by Gasteiger charge is -2.27. The SMILES string of the molecule is COc1ccc(Cl)cc1S(=O)(=O)NCc1nccc(N2CCOCC2)n1. The van der Waals surface area contributed by atoms with Gasteiger partial charge in [0.2, 0.25) is 10.0 Å². The summed E-state index contributed by atoms with van der Waals surface area (Å²) in [6.45, 7) is 2.71. The van der Waals surface area contributed by atoms with Crippen molar-refractivity contribution in [2.45, 2.75) is 11.4 Å². The molecule has 2 heterocycles. The fourth-order valence-corrected chi connectivity index (χ4v) is 3.95. The Morgan fingerprint density at radius 1 is 1.31 bits per heavy atom. The summed E-state index contributed by atoms with van der Waals surface area (Å²) in [6, 6.07) is 6.21. The first-order chi connectivity index (χ1) is 12.5. The Kier molecular flexibility index (Phi) is 5.92. The molecule has 140 valence electrons. The molecule has 1 aromatic heterocycles. The monoisotopic (exact) mass is 398 g/mol. The van der Waals surface area contributed by atoms with E-state index < -0.39 is 10.0 Å². The third-order valence-corrected chi connectivity index (χ3v) is 5.52. The predicted molar refractivity (Wildman–Crippen MR) is 97.1 cm³/mol. The molecule has 2 aromatic rings. The molecule has 0 radical (unpaired) electrons. The topological polar surface area (TPSA) is 93.7 Å². The number of aromatic nitrogens is 2. The maximum Gasteiger partial charge on any atom is 0.244 e. The lowest BCUT2D eigenvalue weighted by molar-refractivity contribution is 0.122. The molecule has 0 bridgehead atoms. The van der Waals surface area contributed by atoms with Crippen molar-refractivity contribution in [3.8, 4) is 5.75 Å².